The van der Waals surface area contributed by atoms with Crippen molar-refractivity contribution in [1.82, 2.24) is 4.90 Å². The lowest BCUT2D eigenvalue weighted by molar-refractivity contribution is 0.124. The van der Waals surface area contributed by atoms with Gasteiger partial charge in [0.1, 0.15) is 0 Å². The average Bonchev–Trinajstić information content (AvgIpc) is 2.32. The summed E-state index contributed by atoms with van der Waals surface area (Å²) < 4.78 is 0. The number of rotatable bonds is 2. The zero-order valence-electron chi connectivity index (χ0n) is 11.6. The molecule has 2 N–H and O–H groups in total. The van der Waals surface area contributed by atoms with Gasteiger partial charge in [-0.2, -0.15) is 0 Å². The van der Waals surface area contributed by atoms with Crippen LogP contribution in [0.3, 0.4) is 0 Å². The molecule has 102 valence electrons. The highest BCUT2D eigenvalue weighted by molar-refractivity contribution is 5.85. The van der Waals surface area contributed by atoms with Gasteiger partial charge >= 0.3 is 0 Å². The molecule has 1 heterocycles. The molecule has 1 fully saturated rings. The largest absolute Gasteiger partial charge is 0.327 e. The van der Waals surface area contributed by atoms with E-state index >= 15 is 0 Å². The van der Waals surface area contributed by atoms with Gasteiger partial charge in [0, 0.05) is 25.2 Å². The molecule has 0 radical (unpaired) electrons. The van der Waals surface area contributed by atoms with E-state index in [-0.39, 0.29) is 12.4 Å². The number of benzene rings is 1. The van der Waals surface area contributed by atoms with E-state index < -0.39 is 0 Å². The first-order valence-electron chi connectivity index (χ1n) is 6.64. The van der Waals surface area contributed by atoms with Crippen LogP contribution in [0, 0.1) is 12.8 Å². The molecular weight excluding hydrogens is 244 g/mol. The van der Waals surface area contributed by atoms with Crippen LogP contribution in [-0.4, -0.2) is 24.0 Å². The van der Waals surface area contributed by atoms with Crippen LogP contribution in [0.15, 0.2) is 24.3 Å². The number of hydrogen-bond donors (Lipinski definition) is 1. The van der Waals surface area contributed by atoms with Crippen molar-refractivity contribution in [2.45, 2.75) is 39.3 Å². The van der Waals surface area contributed by atoms with E-state index in [0.29, 0.717) is 18.0 Å². The minimum absolute atomic E-state index is 0. The second-order valence-corrected chi connectivity index (χ2v) is 5.51. The molecule has 0 aromatic heterocycles. The molecule has 0 spiro atoms. The van der Waals surface area contributed by atoms with Crippen molar-refractivity contribution in [3.63, 3.8) is 0 Å². The van der Waals surface area contributed by atoms with Crippen LogP contribution in [0.4, 0.5) is 0 Å². The lowest BCUT2D eigenvalue weighted by Crippen LogP contribution is -2.46. The molecular formula is C15H25ClN2. The van der Waals surface area contributed by atoms with E-state index in [2.05, 4.69) is 49.9 Å². The third-order valence-electron chi connectivity index (χ3n) is 4.08. The van der Waals surface area contributed by atoms with Gasteiger partial charge in [-0.05, 0) is 31.7 Å². The van der Waals surface area contributed by atoms with Gasteiger partial charge in [0.05, 0.1) is 0 Å². The normalized spacial score (nSPS) is 26.4. The standard InChI is InChI=1S/C15H24N2.ClH/c1-11-5-4-6-14(9-11)13(3)17-8-7-15(16)12(2)10-17;/h4-6,9,12-13,15H,7-8,10,16H2,1-3H3;1H. The number of likely N-dealkylation sites (tertiary alicyclic amines) is 1. The molecule has 1 aliphatic rings. The van der Waals surface area contributed by atoms with Gasteiger partial charge in [-0.15, -0.1) is 12.4 Å². The van der Waals surface area contributed by atoms with Crippen molar-refractivity contribution >= 4 is 12.4 Å². The van der Waals surface area contributed by atoms with Gasteiger partial charge in [0.25, 0.3) is 0 Å². The highest BCUT2D eigenvalue weighted by Crippen LogP contribution is 2.26. The Morgan fingerprint density at radius 3 is 2.72 bits per heavy atom. The van der Waals surface area contributed by atoms with Gasteiger partial charge in [-0.3, -0.25) is 4.90 Å². The quantitative estimate of drug-likeness (QED) is 0.893. The first-order chi connectivity index (χ1) is 8.08. The van der Waals surface area contributed by atoms with E-state index in [0.717, 1.165) is 19.5 Å². The molecule has 1 aromatic carbocycles. The van der Waals surface area contributed by atoms with E-state index in [4.69, 9.17) is 5.73 Å². The van der Waals surface area contributed by atoms with Crippen molar-refractivity contribution in [2.75, 3.05) is 13.1 Å². The van der Waals surface area contributed by atoms with Crippen LogP contribution < -0.4 is 5.73 Å². The van der Waals surface area contributed by atoms with E-state index in [1.54, 1.807) is 0 Å². The maximum Gasteiger partial charge on any atom is 0.0320 e. The van der Waals surface area contributed by atoms with E-state index in [1.807, 2.05) is 0 Å². The predicted molar refractivity (Wildman–Crippen MR) is 80.2 cm³/mol. The Balaban J connectivity index is 0.00000162. The third kappa shape index (κ3) is 3.47. The first-order valence-corrected chi connectivity index (χ1v) is 6.64. The smallest absolute Gasteiger partial charge is 0.0320 e. The number of halogens is 1. The van der Waals surface area contributed by atoms with E-state index in [9.17, 15) is 0 Å². The van der Waals surface area contributed by atoms with Gasteiger partial charge in [0.2, 0.25) is 0 Å². The Kier molecular flexibility index (Phi) is 5.64. The number of hydrogen-bond acceptors (Lipinski definition) is 2. The van der Waals surface area contributed by atoms with Crippen molar-refractivity contribution in [2.24, 2.45) is 11.7 Å². The Hall–Kier alpha value is -0.570. The Morgan fingerprint density at radius 1 is 1.39 bits per heavy atom. The zero-order valence-corrected chi connectivity index (χ0v) is 12.4. The Bertz CT molecular complexity index is 381. The topological polar surface area (TPSA) is 29.3 Å². The second-order valence-electron chi connectivity index (χ2n) is 5.51. The van der Waals surface area contributed by atoms with Crippen molar-refractivity contribution in [1.29, 1.82) is 0 Å². The molecule has 0 bridgehead atoms. The summed E-state index contributed by atoms with van der Waals surface area (Å²) in [6, 6.07) is 9.73. The summed E-state index contributed by atoms with van der Waals surface area (Å²) in [5.41, 5.74) is 8.84. The van der Waals surface area contributed by atoms with Gasteiger partial charge in [-0.25, -0.2) is 0 Å². The summed E-state index contributed by atoms with van der Waals surface area (Å²) >= 11 is 0. The lowest BCUT2D eigenvalue weighted by atomic mass is 9.92. The lowest BCUT2D eigenvalue weighted by Gasteiger charge is -2.39. The predicted octanol–water partition coefficient (Wildman–Crippen LogP) is 3.15. The first kappa shape index (κ1) is 15.5. The zero-order chi connectivity index (χ0) is 12.4. The Morgan fingerprint density at radius 2 is 2.11 bits per heavy atom. The van der Waals surface area contributed by atoms with Crippen LogP contribution in [0.5, 0.6) is 0 Å². The molecule has 1 aromatic rings. The fourth-order valence-corrected chi connectivity index (χ4v) is 2.69. The second kappa shape index (κ2) is 6.55. The molecule has 3 unspecified atom stereocenters. The summed E-state index contributed by atoms with van der Waals surface area (Å²) in [6.07, 6.45) is 1.12. The van der Waals surface area contributed by atoms with Gasteiger partial charge in [0.15, 0.2) is 0 Å². The number of nitrogens with two attached hydrogens (primary N) is 1. The molecule has 0 saturated carbocycles. The molecule has 1 saturated heterocycles. The summed E-state index contributed by atoms with van der Waals surface area (Å²) in [5, 5.41) is 0. The number of aryl methyl sites for hydroxylation is 1. The maximum atomic E-state index is 6.08. The Labute approximate surface area is 117 Å². The summed E-state index contributed by atoms with van der Waals surface area (Å²) in [5.74, 6) is 0.607. The molecule has 2 rings (SSSR count). The molecule has 0 aliphatic carbocycles. The fraction of sp³-hybridized carbons (Fsp3) is 0.600. The monoisotopic (exact) mass is 268 g/mol. The van der Waals surface area contributed by atoms with Crippen LogP contribution in [0.1, 0.15) is 37.4 Å². The van der Waals surface area contributed by atoms with Crippen LogP contribution >= 0.6 is 12.4 Å². The average molecular weight is 269 g/mol. The highest BCUT2D eigenvalue weighted by Gasteiger charge is 2.26. The maximum absolute atomic E-state index is 6.08. The summed E-state index contributed by atoms with van der Waals surface area (Å²) in [6.45, 7) is 8.97. The van der Waals surface area contributed by atoms with Gasteiger partial charge in [-0.1, -0.05) is 36.8 Å². The van der Waals surface area contributed by atoms with Crippen LogP contribution in [0.25, 0.3) is 0 Å². The van der Waals surface area contributed by atoms with Gasteiger partial charge < -0.3 is 5.73 Å². The molecule has 18 heavy (non-hydrogen) atoms. The van der Waals surface area contributed by atoms with Crippen molar-refractivity contribution in [3.8, 4) is 0 Å². The number of nitrogens with zero attached hydrogens (tertiary/aromatic N) is 1. The third-order valence-corrected chi connectivity index (χ3v) is 4.08. The minimum atomic E-state index is 0. The highest BCUT2D eigenvalue weighted by atomic mass is 35.5. The summed E-state index contributed by atoms with van der Waals surface area (Å²) in [4.78, 5) is 2.56. The molecule has 2 nitrogen and oxygen atoms in total. The molecule has 0 amide bonds. The number of piperidine rings is 1. The van der Waals surface area contributed by atoms with Crippen LogP contribution in [0.2, 0.25) is 0 Å². The molecule has 1 aliphatic heterocycles. The SMILES string of the molecule is Cc1cccc(C(C)N2CCC(N)C(C)C2)c1.Cl. The van der Waals surface area contributed by atoms with E-state index in [1.165, 1.54) is 11.1 Å². The fourth-order valence-electron chi connectivity index (χ4n) is 2.69. The minimum Gasteiger partial charge on any atom is -0.327 e. The summed E-state index contributed by atoms with van der Waals surface area (Å²) in [7, 11) is 0. The van der Waals surface area contributed by atoms with Crippen molar-refractivity contribution < 1.29 is 0 Å². The van der Waals surface area contributed by atoms with Crippen molar-refractivity contribution in [3.05, 3.63) is 35.4 Å². The molecule has 3 atom stereocenters. The molecule has 3 heteroatoms. The van der Waals surface area contributed by atoms with Crippen LogP contribution in [-0.2, 0) is 0 Å².